The number of hydrogen-bond acceptors (Lipinski definition) is 10. The van der Waals surface area contributed by atoms with Crippen LogP contribution in [0.3, 0.4) is 0 Å². The molecule has 0 amide bonds. The number of nitrogens with zero attached hydrogens (tertiary/aromatic N) is 4. The van der Waals surface area contributed by atoms with Gasteiger partial charge in [-0.15, -0.1) is 5.11 Å². The fraction of sp³-hybridized carbons (Fsp3) is 0.333. The van der Waals surface area contributed by atoms with E-state index in [-0.39, 0.29) is 11.6 Å². The summed E-state index contributed by atoms with van der Waals surface area (Å²) in [6, 6.07) is 6.01. The predicted octanol–water partition coefficient (Wildman–Crippen LogP) is 6.17. The van der Waals surface area contributed by atoms with Crippen molar-refractivity contribution in [1.29, 1.82) is 0 Å². The summed E-state index contributed by atoms with van der Waals surface area (Å²) in [6.45, 7) is 9.28. The molecule has 0 unspecified atom stereocenters. The first-order valence-corrected chi connectivity index (χ1v) is 14.2. The van der Waals surface area contributed by atoms with E-state index in [0.29, 0.717) is 41.0 Å². The van der Waals surface area contributed by atoms with E-state index in [1.807, 2.05) is 34.6 Å². The molecule has 14 heteroatoms. The van der Waals surface area contributed by atoms with Crippen LogP contribution < -0.4 is 10.5 Å². The lowest BCUT2D eigenvalue weighted by Gasteiger charge is -2.09. The lowest BCUT2D eigenvalue weighted by Crippen LogP contribution is -2.03. The minimum absolute atomic E-state index is 0.154. The van der Waals surface area contributed by atoms with Crippen molar-refractivity contribution in [3.8, 4) is 5.75 Å². The van der Waals surface area contributed by atoms with Gasteiger partial charge in [0.15, 0.2) is 0 Å². The van der Waals surface area contributed by atoms with E-state index in [2.05, 4.69) is 20.5 Å². The zero-order valence-electron chi connectivity index (χ0n) is 21.9. The first kappa shape index (κ1) is 30.8. The summed E-state index contributed by atoms with van der Waals surface area (Å²) in [6.07, 6.45) is 2.27. The number of nitrogens with two attached hydrogens (primary N) is 1. The number of rotatable bonds is 10. The fourth-order valence-electron chi connectivity index (χ4n) is 3.20. The van der Waals surface area contributed by atoms with Gasteiger partial charge in [-0.25, -0.2) is 0 Å². The Morgan fingerprint density at radius 1 is 1.03 bits per heavy atom. The molecule has 0 saturated carbocycles. The lowest BCUT2D eigenvalue weighted by atomic mass is 10.1. The second-order valence-electron chi connectivity index (χ2n) is 8.57. The summed E-state index contributed by atoms with van der Waals surface area (Å²) in [7, 11) is -8.07. The summed E-state index contributed by atoms with van der Waals surface area (Å²) < 4.78 is 70.4. The van der Waals surface area contributed by atoms with Crippen LogP contribution in [0.2, 0.25) is 0 Å². The second kappa shape index (κ2) is 12.4. The van der Waals surface area contributed by atoms with Gasteiger partial charge in [-0.05, 0) is 67.7 Å². The Bertz CT molecular complexity index is 1540. The van der Waals surface area contributed by atoms with E-state index in [0.717, 1.165) is 23.3 Å². The highest BCUT2D eigenvalue weighted by molar-refractivity contribution is 7.86. The van der Waals surface area contributed by atoms with Crippen LogP contribution in [-0.2, 0) is 20.2 Å². The van der Waals surface area contributed by atoms with Gasteiger partial charge in [0, 0.05) is 6.07 Å². The Hall–Kier alpha value is -3.46. The first-order valence-electron chi connectivity index (χ1n) is 11.4. The van der Waals surface area contributed by atoms with Crippen molar-refractivity contribution >= 4 is 37.3 Å². The number of allylic oxidation sites excluding steroid dienone is 4. The van der Waals surface area contributed by atoms with Gasteiger partial charge >= 0.3 is 0 Å². The molecule has 0 heterocycles. The zero-order chi connectivity index (χ0) is 28.8. The van der Waals surface area contributed by atoms with E-state index in [9.17, 15) is 25.9 Å². The van der Waals surface area contributed by atoms with Crippen LogP contribution in [0.15, 0.2) is 83.6 Å². The molecule has 2 rings (SSSR count). The maximum atomic E-state index is 11.8. The molecule has 12 nitrogen and oxygen atoms in total. The Kier molecular flexibility index (Phi) is 10.0. The van der Waals surface area contributed by atoms with Gasteiger partial charge in [0.05, 0.1) is 34.8 Å². The number of benzene rings is 2. The third-order valence-electron chi connectivity index (χ3n) is 5.35. The van der Waals surface area contributed by atoms with Crippen LogP contribution in [0.1, 0.15) is 39.7 Å². The maximum Gasteiger partial charge on any atom is 0.296 e. The van der Waals surface area contributed by atoms with Gasteiger partial charge in [0.2, 0.25) is 0 Å². The van der Waals surface area contributed by atoms with Crippen LogP contribution >= 0.6 is 0 Å². The zero-order valence-corrected chi connectivity index (χ0v) is 23.5. The smallest absolute Gasteiger partial charge is 0.296 e. The van der Waals surface area contributed by atoms with Gasteiger partial charge in [0.1, 0.15) is 16.3 Å². The van der Waals surface area contributed by atoms with Gasteiger partial charge in [-0.1, -0.05) is 20.8 Å². The highest BCUT2D eigenvalue weighted by atomic mass is 32.2. The monoisotopic (exact) mass is 565 g/mol. The molecule has 2 aromatic carbocycles. The third-order valence-corrected chi connectivity index (χ3v) is 7.09. The van der Waals surface area contributed by atoms with Crippen LogP contribution in [-0.4, -0.2) is 33.1 Å². The van der Waals surface area contributed by atoms with Crippen molar-refractivity contribution < 1.29 is 30.7 Å². The molecular weight excluding hydrogens is 534 g/mol. The Morgan fingerprint density at radius 2 is 1.66 bits per heavy atom. The minimum Gasteiger partial charge on any atom is -0.495 e. The standard InChI is InChI=1S/C24H31N5O7S2/c1-7-19(26-29-22-13-23(36-6)18(25)10-15(22)4)16(5)11-21(14(2)3)28-27-20-9-8-17(37(30,31)32)12-24(20)38(33,34)35/h8-14H,7,25H2,1-6H3,(H,30,31,32)(H,33,34,35)/b19-16+,21-11+,28-27-,29-26?. The van der Waals surface area contributed by atoms with Gasteiger partial charge < -0.3 is 10.5 Å². The molecule has 0 saturated heterocycles. The van der Waals surface area contributed by atoms with Crippen LogP contribution in [0, 0.1) is 12.8 Å². The molecule has 0 radical (unpaired) electrons. The SMILES string of the molecule is CC\C(N=Nc1cc(OC)c(N)cc1C)=C(C)/C=C(/N=N\c1ccc(S(=O)(=O)O)cc1S(=O)(=O)O)C(C)C. The van der Waals surface area contributed by atoms with Crippen LogP contribution in [0.4, 0.5) is 17.1 Å². The van der Waals surface area contributed by atoms with Gasteiger partial charge in [-0.3, -0.25) is 9.11 Å². The van der Waals surface area contributed by atoms with Gasteiger partial charge in [-0.2, -0.15) is 32.2 Å². The van der Waals surface area contributed by atoms with Gasteiger partial charge in [0.25, 0.3) is 20.2 Å². The van der Waals surface area contributed by atoms with Crippen molar-refractivity contribution in [3.05, 3.63) is 58.9 Å². The number of anilines is 1. The van der Waals surface area contributed by atoms with E-state index < -0.39 is 30.0 Å². The Labute approximate surface area is 222 Å². The molecule has 0 fully saturated rings. The summed E-state index contributed by atoms with van der Waals surface area (Å²) in [5.41, 5.74) is 9.36. The number of ether oxygens (including phenoxy) is 1. The quantitative estimate of drug-likeness (QED) is 0.132. The summed E-state index contributed by atoms with van der Waals surface area (Å²) in [5, 5.41) is 16.8. The summed E-state index contributed by atoms with van der Waals surface area (Å²) in [4.78, 5) is -1.53. The van der Waals surface area contributed by atoms with Crippen molar-refractivity contribution in [2.75, 3.05) is 12.8 Å². The molecule has 206 valence electrons. The largest absolute Gasteiger partial charge is 0.495 e. The van der Waals surface area contributed by atoms with Crippen LogP contribution in [0.5, 0.6) is 5.75 Å². The van der Waals surface area contributed by atoms with E-state index in [4.69, 9.17) is 10.5 Å². The number of aryl methyl sites for hydroxylation is 1. The normalized spacial score (nSPS) is 14.0. The van der Waals surface area contributed by atoms with Crippen molar-refractivity contribution in [2.24, 2.45) is 26.4 Å². The molecule has 0 aliphatic heterocycles. The first-order chi connectivity index (χ1) is 17.6. The molecular formula is C24H31N5O7S2. The number of azo groups is 2. The van der Waals surface area contributed by atoms with Crippen molar-refractivity contribution in [1.82, 2.24) is 0 Å². The topological polar surface area (TPSA) is 193 Å². The molecule has 0 aromatic heterocycles. The average Bonchev–Trinajstić information content (AvgIpc) is 2.81. The third kappa shape index (κ3) is 8.02. The molecule has 0 atom stereocenters. The minimum atomic E-state index is -4.87. The Balaban J connectivity index is 2.52. The number of nitrogen functional groups attached to an aromatic ring is 1. The molecule has 2 aromatic rings. The Morgan fingerprint density at radius 3 is 2.18 bits per heavy atom. The van der Waals surface area contributed by atoms with Crippen molar-refractivity contribution in [2.45, 2.75) is 50.8 Å². The molecule has 0 aliphatic carbocycles. The second-order valence-corrected chi connectivity index (χ2v) is 11.4. The molecule has 38 heavy (non-hydrogen) atoms. The van der Waals surface area contributed by atoms with E-state index in [1.54, 1.807) is 18.2 Å². The van der Waals surface area contributed by atoms with Crippen molar-refractivity contribution in [3.63, 3.8) is 0 Å². The average molecular weight is 566 g/mol. The van der Waals surface area contributed by atoms with E-state index >= 15 is 0 Å². The van der Waals surface area contributed by atoms with Crippen LogP contribution in [0.25, 0.3) is 0 Å². The highest BCUT2D eigenvalue weighted by Gasteiger charge is 2.21. The fourth-order valence-corrected chi connectivity index (χ4v) is 4.43. The summed E-state index contributed by atoms with van der Waals surface area (Å²) >= 11 is 0. The molecule has 4 N–H and O–H groups in total. The predicted molar refractivity (Wildman–Crippen MR) is 143 cm³/mol. The summed E-state index contributed by atoms with van der Waals surface area (Å²) in [5.74, 6) is 0.332. The number of methoxy groups -OCH3 is 1. The molecule has 0 aliphatic rings. The molecule has 0 spiro atoms. The molecule has 0 bridgehead atoms. The van der Waals surface area contributed by atoms with E-state index in [1.165, 1.54) is 7.11 Å². The number of hydrogen-bond donors (Lipinski definition) is 3. The lowest BCUT2D eigenvalue weighted by molar-refractivity contribution is 0.417. The highest BCUT2D eigenvalue weighted by Crippen LogP contribution is 2.32. The maximum absolute atomic E-state index is 11.8.